The first-order chi connectivity index (χ1) is 15.2. The number of hydrogen-bond donors (Lipinski definition) is 1. The van der Waals surface area contributed by atoms with Crippen molar-refractivity contribution in [2.45, 2.75) is 78.2 Å². The number of amides is 1. The fourth-order valence-electron chi connectivity index (χ4n) is 7.49. The first-order valence-electron chi connectivity index (χ1n) is 12.1. The summed E-state index contributed by atoms with van der Waals surface area (Å²) >= 11 is 0. The van der Waals surface area contributed by atoms with E-state index in [1.165, 1.54) is 31.6 Å². The molecule has 0 heterocycles. The van der Waals surface area contributed by atoms with Crippen LogP contribution in [-0.2, 0) is 23.9 Å². The fourth-order valence-corrected chi connectivity index (χ4v) is 7.49. The zero-order valence-electron chi connectivity index (χ0n) is 19.9. The van der Waals surface area contributed by atoms with Gasteiger partial charge in [0.25, 0.3) is 0 Å². The first-order valence-corrected chi connectivity index (χ1v) is 12.1. The smallest absolute Gasteiger partial charge is 0.325 e. The number of hydrogen-bond acceptors (Lipinski definition) is 5. The van der Waals surface area contributed by atoms with Crippen LogP contribution in [0.15, 0.2) is 23.3 Å². The molecule has 32 heavy (non-hydrogen) atoms. The summed E-state index contributed by atoms with van der Waals surface area (Å²) in [4.78, 5) is 35.2. The molecule has 0 spiro atoms. The van der Waals surface area contributed by atoms with Crippen molar-refractivity contribution in [2.24, 2.45) is 28.6 Å². The van der Waals surface area contributed by atoms with Crippen molar-refractivity contribution in [1.82, 2.24) is 5.32 Å². The highest BCUT2D eigenvalue weighted by molar-refractivity contribution is 5.91. The monoisotopic (exact) mass is 443 g/mol. The second kappa shape index (κ2) is 8.68. The molecular weight excluding hydrogens is 406 g/mol. The van der Waals surface area contributed by atoms with Crippen LogP contribution in [0.5, 0.6) is 0 Å². The van der Waals surface area contributed by atoms with Gasteiger partial charge in [-0.1, -0.05) is 31.1 Å². The Hall–Kier alpha value is -2.11. The topological polar surface area (TPSA) is 81.7 Å². The molecule has 0 unspecified atom stereocenters. The number of nitrogens with one attached hydrogen (secondary N) is 1. The number of ether oxygens (including phenoxy) is 2. The number of allylic oxidation sites excluding steroid dienone is 2. The molecule has 0 aliphatic heterocycles. The van der Waals surface area contributed by atoms with Crippen LogP contribution >= 0.6 is 0 Å². The molecular formula is C26H37NO5. The maximum atomic E-state index is 12.4. The van der Waals surface area contributed by atoms with Crippen LogP contribution in [0.2, 0.25) is 0 Å². The summed E-state index contributed by atoms with van der Waals surface area (Å²) in [5, 5.41) is 2.65. The van der Waals surface area contributed by atoms with Crippen LogP contribution < -0.4 is 5.32 Å². The van der Waals surface area contributed by atoms with E-state index in [0.717, 1.165) is 44.9 Å². The summed E-state index contributed by atoms with van der Waals surface area (Å²) in [5.74, 6) is 1.07. The summed E-state index contributed by atoms with van der Waals surface area (Å²) in [5.41, 5.74) is 2.99. The van der Waals surface area contributed by atoms with Crippen molar-refractivity contribution in [1.29, 1.82) is 0 Å². The van der Waals surface area contributed by atoms with Crippen molar-refractivity contribution >= 4 is 17.8 Å². The standard InChI is InChI=1S/C26H37NO5/c1-16(28)32-19-9-11-25(2)17(13-19)5-7-20-21-8-6-18(26(21,3)12-10-22(20)25)14-23(29)27-15-24(30)31-4/h5,14,19-22H,6-13,15H2,1-4H3,(H,27,29)/b18-14-/t19-,20-,21-,22-,25-,26+/m0/s1. The summed E-state index contributed by atoms with van der Waals surface area (Å²) in [7, 11) is 1.32. The molecule has 6 nitrogen and oxygen atoms in total. The maximum absolute atomic E-state index is 12.4. The van der Waals surface area contributed by atoms with E-state index in [0.29, 0.717) is 17.8 Å². The molecule has 4 aliphatic carbocycles. The molecule has 1 N–H and O–H groups in total. The van der Waals surface area contributed by atoms with Gasteiger partial charge < -0.3 is 14.8 Å². The molecule has 3 fully saturated rings. The molecule has 0 bridgehead atoms. The minimum absolute atomic E-state index is 0.0294. The largest absolute Gasteiger partial charge is 0.468 e. The maximum Gasteiger partial charge on any atom is 0.325 e. The van der Waals surface area contributed by atoms with Gasteiger partial charge in [-0.15, -0.1) is 0 Å². The van der Waals surface area contributed by atoms with Gasteiger partial charge in [0.05, 0.1) is 7.11 Å². The van der Waals surface area contributed by atoms with Gasteiger partial charge in [0.1, 0.15) is 12.6 Å². The van der Waals surface area contributed by atoms with Crippen LogP contribution in [0.25, 0.3) is 0 Å². The lowest BCUT2D eigenvalue weighted by Crippen LogP contribution is -2.49. The highest BCUT2D eigenvalue weighted by Gasteiger charge is 2.57. The van der Waals surface area contributed by atoms with Gasteiger partial charge in [0.15, 0.2) is 0 Å². The second-order valence-electron chi connectivity index (χ2n) is 10.7. The average molecular weight is 444 g/mol. The number of carbonyl (C=O) groups is 3. The Bertz CT molecular complexity index is 860. The second-order valence-corrected chi connectivity index (χ2v) is 10.7. The van der Waals surface area contributed by atoms with Gasteiger partial charge in [-0.2, -0.15) is 0 Å². The summed E-state index contributed by atoms with van der Waals surface area (Å²) in [6.45, 7) is 6.19. The predicted molar refractivity (Wildman–Crippen MR) is 120 cm³/mol. The van der Waals surface area contributed by atoms with E-state index >= 15 is 0 Å². The van der Waals surface area contributed by atoms with Crippen molar-refractivity contribution in [3.8, 4) is 0 Å². The molecule has 0 radical (unpaired) electrons. The lowest BCUT2D eigenvalue weighted by molar-refractivity contribution is -0.148. The van der Waals surface area contributed by atoms with Gasteiger partial charge in [-0.3, -0.25) is 14.4 Å². The molecule has 4 rings (SSSR count). The van der Waals surface area contributed by atoms with E-state index in [4.69, 9.17) is 4.74 Å². The van der Waals surface area contributed by atoms with E-state index in [2.05, 4.69) is 30.0 Å². The Morgan fingerprint density at radius 1 is 1.12 bits per heavy atom. The molecule has 176 valence electrons. The van der Waals surface area contributed by atoms with E-state index in [1.807, 2.05) is 0 Å². The highest BCUT2D eigenvalue weighted by atomic mass is 16.5. The van der Waals surface area contributed by atoms with E-state index < -0.39 is 5.97 Å². The number of rotatable bonds is 4. The molecule has 3 saturated carbocycles. The Kier molecular flexibility index (Phi) is 6.25. The average Bonchev–Trinajstić information content (AvgIpc) is 3.08. The molecule has 0 saturated heterocycles. The third kappa shape index (κ3) is 4.01. The molecule has 1 amide bonds. The number of fused-ring (bicyclic) bond motifs is 5. The number of carbonyl (C=O) groups excluding carboxylic acids is 3. The Morgan fingerprint density at radius 2 is 1.84 bits per heavy atom. The molecule has 0 aromatic rings. The first kappa shape index (κ1) is 23.1. The third-order valence-electron chi connectivity index (χ3n) is 9.18. The SMILES string of the molecule is COC(=O)CNC(=O)/C=C1/CC[C@H]2[C@@H]3CC=C4C[C@@H](OC(C)=O)CC[C@]4(C)[C@H]3CC[C@]12C. The van der Waals surface area contributed by atoms with E-state index in [9.17, 15) is 14.4 Å². The number of esters is 2. The lowest BCUT2D eigenvalue weighted by Gasteiger charge is -2.57. The van der Waals surface area contributed by atoms with Crippen LogP contribution in [0.3, 0.4) is 0 Å². The highest BCUT2D eigenvalue weighted by Crippen LogP contribution is 2.66. The van der Waals surface area contributed by atoms with Gasteiger partial charge >= 0.3 is 11.9 Å². The Labute approximate surface area is 191 Å². The van der Waals surface area contributed by atoms with Crippen LogP contribution in [-0.4, -0.2) is 37.6 Å². The molecule has 0 aromatic carbocycles. The minimum atomic E-state index is -0.436. The van der Waals surface area contributed by atoms with Crippen molar-refractivity contribution < 1.29 is 23.9 Å². The predicted octanol–water partition coefficient (Wildman–Crippen LogP) is 4.10. The zero-order chi connectivity index (χ0) is 23.1. The van der Waals surface area contributed by atoms with E-state index in [1.54, 1.807) is 6.08 Å². The molecule has 0 aromatic heterocycles. The van der Waals surface area contributed by atoms with Gasteiger partial charge in [0, 0.05) is 19.4 Å². The van der Waals surface area contributed by atoms with Gasteiger partial charge in [-0.05, 0) is 73.5 Å². The van der Waals surface area contributed by atoms with Gasteiger partial charge in [0.2, 0.25) is 5.91 Å². The molecule has 6 heteroatoms. The normalized spacial score (nSPS) is 39.2. The third-order valence-corrected chi connectivity index (χ3v) is 9.18. The summed E-state index contributed by atoms with van der Waals surface area (Å²) < 4.78 is 10.2. The van der Waals surface area contributed by atoms with Crippen molar-refractivity contribution in [2.75, 3.05) is 13.7 Å². The van der Waals surface area contributed by atoms with Crippen molar-refractivity contribution in [3.63, 3.8) is 0 Å². The molecule has 6 atom stereocenters. The zero-order valence-corrected chi connectivity index (χ0v) is 19.9. The van der Waals surface area contributed by atoms with Crippen LogP contribution in [0, 0.1) is 28.6 Å². The van der Waals surface area contributed by atoms with Crippen LogP contribution in [0.4, 0.5) is 0 Å². The Morgan fingerprint density at radius 3 is 2.56 bits per heavy atom. The lowest BCUT2D eigenvalue weighted by atomic mass is 9.48. The van der Waals surface area contributed by atoms with E-state index in [-0.39, 0.29) is 35.4 Å². The summed E-state index contributed by atoms with van der Waals surface area (Å²) in [6.07, 6.45) is 12.6. The van der Waals surface area contributed by atoms with Crippen molar-refractivity contribution in [3.05, 3.63) is 23.3 Å². The fraction of sp³-hybridized carbons (Fsp3) is 0.731. The van der Waals surface area contributed by atoms with Crippen LogP contribution in [0.1, 0.15) is 72.1 Å². The minimum Gasteiger partial charge on any atom is -0.468 e. The summed E-state index contributed by atoms with van der Waals surface area (Å²) in [6, 6.07) is 0. The molecule has 4 aliphatic rings. The Balaban J connectivity index is 1.49. The van der Waals surface area contributed by atoms with Gasteiger partial charge in [-0.25, -0.2) is 0 Å². The number of methoxy groups -OCH3 is 1. The quantitative estimate of drug-likeness (QED) is 0.402.